The topological polar surface area (TPSA) is 153 Å². The molecule has 10 rings (SSSR count). The summed E-state index contributed by atoms with van der Waals surface area (Å²) < 4.78 is 74.7. The maximum absolute atomic E-state index is 14.7. The van der Waals surface area contributed by atoms with E-state index in [0.717, 1.165) is 27.8 Å². The molecule has 2 aliphatic rings. The molecule has 0 radical (unpaired) electrons. The van der Waals surface area contributed by atoms with Gasteiger partial charge in [0.2, 0.25) is 0 Å². The number of carbonyl (C=O) groups is 3. The molecule has 0 bridgehead atoms. The molecule has 420 valence electrons. The fourth-order valence-electron chi connectivity index (χ4n) is 9.68. The Morgan fingerprint density at radius 2 is 0.646 bits per heavy atom. The first kappa shape index (κ1) is 57.1. The van der Waals surface area contributed by atoms with Gasteiger partial charge in [-0.05, 0) is 64.2 Å². The third kappa shape index (κ3) is 15.8. The highest BCUT2D eigenvalue weighted by Gasteiger charge is 2.56. The summed E-state index contributed by atoms with van der Waals surface area (Å²) in [4.78, 5) is 43.0. The van der Waals surface area contributed by atoms with Gasteiger partial charge >= 0.3 is 17.9 Å². The SMILES string of the molecule is O=C(OC[C@H]1O[C@H](O[C@@H]2[C@H](OC(=O)c3ccccc3)[C@@H](OC(=O)c3ccccc3)[C@@H](OCc3ccccc3)O[C@@H]2COCc2ccccc2)[C@@H](OCc2ccccc2)[C@@H](OCc2ccccc2)[C@@H]1OCc1ccccc1)c1ccccc1. The Kier molecular flexibility index (Phi) is 20.6. The van der Waals surface area contributed by atoms with Crippen LogP contribution in [0.5, 0.6) is 0 Å². The highest BCUT2D eigenvalue weighted by atomic mass is 16.8. The van der Waals surface area contributed by atoms with Gasteiger partial charge in [-0.2, -0.15) is 0 Å². The van der Waals surface area contributed by atoms with Crippen molar-refractivity contribution in [1.29, 1.82) is 0 Å². The second kappa shape index (κ2) is 29.5. The predicted molar refractivity (Wildman–Crippen MR) is 303 cm³/mol. The van der Waals surface area contributed by atoms with E-state index in [2.05, 4.69) is 0 Å². The Morgan fingerprint density at radius 1 is 0.305 bits per heavy atom. The van der Waals surface area contributed by atoms with E-state index in [1.807, 2.05) is 158 Å². The van der Waals surface area contributed by atoms with E-state index in [1.165, 1.54) is 0 Å². The molecule has 0 aliphatic carbocycles. The Bertz CT molecular complexity index is 3160. The predicted octanol–water partition coefficient (Wildman–Crippen LogP) is 11.3. The molecule has 0 saturated carbocycles. The standard InChI is InChI=1S/C68H64O14/c69-64(53-35-19-6-20-36-53)76-47-57-58(73-42-49-27-11-2-12-28-49)60(74-43-50-29-13-3-14-30-50)62(75-44-51-31-15-4-16-32-51)68(79-57)82-59-56(46-72-41-48-25-9-1-10-26-48)78-67(77-45-52-33-17-5-18-34-52)63(81-66(71)55-39-23-8-24-40-55)61(59)80-65(70)54-37-21-7-22-38-54/h1-40,56-63,67-68H,41-47H2/t56-,57-,58-,59+,60+,61+,62+,63-,67+,68-/m1/s1. The Hall–Kier alpha value is -8.15. The molecule has 0 aromatic heterocycles. The van der Waals surface area contributed by atoms with Crippen molar-refractivity contribution in [3.8, 4) is 0 Å². The summed E-state index contributed by atoms with van der Waals surface area (Å²) in [6, 6.07) is 73.5. The highest BCUT2D eigenvalue weighted by molar-refractivity contribution is 5.90. The van der Waals surface area contributed by atoms with E-state index < -0.39 is 79.3 Å². The number of ether oxygens (including phenoxy) is 11. The van der Waals surface area contributed by atoms with Gasteiger partial charge < -0.3 is 52.1 Å². The van der Waals surface area contributed by atoms with E-state index in [0.29, 0.717) is 5.56 Å². The van der Waals surface area contributed by atoms with Crippen LogP contribution in [0.2, 0.25) is 0 Å². The van der Waals surface area contributed by atoms with Crippen LogP contribution in [0.25, 0.3) is 0 Å². The lowest BCUT2D eigenvalue weighted by Crippen LogP contribution is -2.67. The number of esters is 3. The van der Waals surface area contributed by atoms with Crippen molar-refractivity contribution in [2.75, 3.05) is 13.2 Å². The second-order valence-corrected chi connectivity index (χ2v) is 19.7. The van der Waals surface area contributed by atoms with Crippen LogP contribution in [0, 0.1) is 0 Å². The van der Waals surface area contributed by atoms with E-state index in [-0.39, 0.29) is 57.4 Å². The van der Waals surface area contributed by atoms with Crippen LogP contribution >= 0.6 is 0 Å². The molecule has 8 aromatic rings. The Morgan fingerprint density at radius 3 is 1.10 bits per heavy atom. The Balaban J connectivity index is 1.09. The lowest BCUT2D eigenvalue weighted by Gasteiger charge is -2.49. The number of hydrogen-bond acceptors (Lipinski definition) is 14. The number of hydrogen-bond donors (Lipinski definition) is 0. The minimum Gasteiger partial charge on any atom is -0.459 e. The summed E-state index contributed by atoms with van der Waals surface area (Å²) in [7, 11) is 0. The fraction of sp³-hybridized carbons (Fsp3) is 0.250. The summed E-state index contributed by atoms with van der Waals surface area (Å²) in [5, 5.41) is 0. The molecule has 14 nitrogen and oxygen atoms in total. The van der Waals surface area contributed by atoms with Crippen LogP contribution in [-0.2, 0) is 85.1 Å². The van der Waals surface area contributed by atoms with Gasteiger partial charge in [0, 0.05) is 0 Å². The van der Waals surface area contributed by atoms with Crippen LogP contribution in [0.3, 0.4) is 0 Å². The van der Waals surface area contributed by atoms with E-state index in [4.69, 9.17) is 52.1 Å². The lowest BCUT2D eigenvalue weighted by atomic mass is 9.95. The van der Waals surface area contributed by atoms with Crippen LogP contribution < -0.4 is 0 Å². The normalized spacial score (nSPS) is 22.3. The van der Waals surface area contributed by atoms with Crippen molar-refractivity contribution in [2.24, 2.45) is 0 Å². The first-order chi connectivity index (χ1) is 40.4. The molecule has 0 unspecified atom stereocenters. The van der Waals surface area contributed by atoms with Crippen LogP contribution in [0.1, 0.15) is 58.9 Å². The summed E-state index contributed by atoms with van der Waals surface area (Å²) in [5.74, 6) is -2.09. The first-order valence-corrected chi connectivity index (χ1v) is 27.4. The lowest BCUT2D eigenvalue weighted by molar-refractivity contribution is -0.370. The largest absolute Gasteiger partial charge is 0.459 e. The van der Waals surface area contributed by atoms with Gasteiger partial charge in [0.1, 0.15) is 43.2 Å². The van der Waals surface area contributed by atoms with Crippen LogP contribution in [-0.4, -0.2) is 92.5 Å². The van der Waals surface area contributed by atoms with Crippen molar-refractivity contribution in [1.82, 2.24) is 0 Å². The smallest absolute Gasteiger partial charge is 0.338 e. The zero-order chi connectivity index (χ0) is 56.1. The van der Waals surface area contributed by atoms with Gasteiger partial charge in [-0.15, -0.1) is 0 Å². The van der Waals surface area contributed by atoms with E-state index in [1.54, 1.807) is 84.9 Å². The van der Waals surface area contributed by atoms with Crippen LogP contribution in [0.4, 0.5) is 0 Å². The second-order valence-electron chi connectivity index (χ2n) is 19.7. The average molecular weight is 1110 g/mol. The number of benzene rings is 8. The fourth-order valence-corrected chi connectivity index (χ4v) is 9.68. The maximum Gasteiger partial charge on any atom is 0.338 e. The molecule has 2 saturated heterocycles. The zero-order valence-corrected chi connectivity index (χ0v) is 45.0. The molecule has 0 amide bonds. The monoisotopic (exact) mass is 1100 g/mol. The van der Waals surface area contributed by atoms with Gasteiger partial charge in [0.05, 0.1) is 56.3 Å². The van der Waals surface area contributed by atoms with Gasteiger partial charge in [0.15, 0.2) is 24.8 Å². The molecular formula is C68H64O14. The minimum atomic E-state index is -1.50. The third-order valence-corrected chi connectivity index (χ3v) is 13.9. The van der Waals surface area contributed by atoms with Gasteiger partial charge in [-0.25, -0.2) is 14.4 Å². The molecule has 14 heteroatoms. The summed E-state index contributed by atoms with van der Waals surface area (Å²) in [5.41, 5.74) is 5.00. The van der Waals surface area contributed by atoms with Crippen molar-refractivity contribution in [3.05, 3.63) is 287 Å². The molecule has 82 heavy (non-hydrogen) atoms. The molecule has 0 spiro atoms. The van der Waals surface area contributed by atoms with Crippen molar-refractivity contribution >= 4 is 17.9 Å². The molecule has 2 fully saturated rings. The van der Waals surface area contributed by atoms with Crippen LogP contribution in [0.15, 0.2) is 243 Å². The summed E-state index contributed by atoms with van der Waals surface area (Å²) in [6.45, 7) is -0.0201. The first-order valence-electron chi connectivity index (χ1n) is 27.4. The molecule has 10 atom stereocenters. The molecule has 0 N–H and O–H groups in total. The number of rotatable bonds is 25. The van der Waals surface area contributed by atoms with Gasteiger partial charge in [-0.3, -0.25) is 0 Å². The molecule has 2 heterocycles. The third-order valence-electron chi connectivity index (χ3n) is 13.9. The average Bonchev–Trinajstić information content (AvgIpc) is 3.64. The molecule has 2 aliphatic heterocycles. The Labute approximate surface area is 477 Å². The number of carbonyl (C=O) groups excluding carboxylic acids is 3. The van der Waals surface area contributed by atoms with E-state index in [9.17, 15) is 14.4 Å². The van der Waals surface area contributed by atoms with Crippen molar-refractivity contribution in [3.63, 3.8) is 0 Å². The highest BCUT2D eigenvalue weighted by Crippen LogP contribution is 2.37. The summed E-state index contributed by atoms with van der Waals surface area (Å²) >= 11 is 0. The quantitative estimate of drug-likeness (QED) is 0.0394. The molecular weight excluding hydrogens is 1040 g/mol. The zero-order valence-electron chi connectivity index (χ0n) is 45.0. The maximum atomic E-state index is 14.7. The minimum absolute atomic E-state index is 0.0166. The van der Waals surface area contributed by atoms with Gasteiger partial charge in [0.25, 0.3) is 0 Å². The molecule has 8 aromatic carbocycles. The van der Waals surface area contributed by atoms with Gasteiger partial charge in [-0.1, -0.05) is 206 Å². The van der Waals surface area contributed by atoms with Crippen molar-refractivity contribution in [2.45, 2.75) is 94.4 Å². The van der Waals surface area contributed by atoms with Crippen molar-refractivity contribution < 1.29 is 66.5 Å². The summed E-state index contributed by atoms with van der Waals surface area (Å²) in [6.07, 6.45) is -12.5. The van der Waals surface area contributed by atoms with E-state index >= 15 is 0 Å².